The fraction of sp³-hybridized carbons (Fsp3) is 0.600. The van der Waals surface area contributed by atoms with Crippen LogP contribution in [0.3, 0.4) is 0 Å². The third-order valence-electron chi connectivity index (χ3n) is 2.90. The van der Waals surface area contributed by atoms with E-state index in [4.69, 9.17) is 5.73 Å². The van der Waals surface area contributed by atoms with Gasteiger partial charge in [-0.1, -0.05) is 13.8 Å². The average Bonchev–Trinajstić information content (AvgIpc) is 2.49. The summed E-state index contributed by atoms with van der Waals surface area (Å²) < 4.78 is 0. The van der Waals surface area contributed by atoms with Crippen LogP contribution in [-0.4, -0.2) is 10.2 Å². The maximum Gasteiger partial charge on any atom is 0.149 e. The van der Waals surface area contributed by atoms with Crippen LogP contribution in [0.1, 0.15) is 37.3 Å². The Labute approximate surface area is 78.4 Å². The second-order valence-electron chi connectivity index (χ2n) is 4.06. The Morgan fingerprint density at radius 2 is 2.31 bits per heavy atom. The lowest BCUT2D eigenvalue weighted by Crippen LogP contribution is -2.07. The van der Waals surface area contributed by atoms with Crippen molar-refractivity contribution in [3.05, 3.63) is 17.3 Å². The third-order valence-corrected chi connectivity index (χ3v) is 2.90. The zero-order valence-corrected chi connectivity index (χ0v) is 8.12. The smallest absolute Gasteiger partial charge is 0.149 e. The van der Waals surface area contributed by atoms with Crippen molar-refractivity contribution in [3.63, 3.8) is 0 Å². The number of nitrogens with zero attached hydrogens (tertiary/aromatic N) is 2. The summed E-state index contributed by atoms with van der Waals surface area (Å²) in [6.45, 7) is 4.47. The highest BCUT2D eigenvalue weighted by atomic mass is 15.1. The first-order valence-electron chi connectivity index (χ1n) is 4.80. The summed E-state index contributed by atoms with van der Waals surface area (Å²) in [4.78, 5) is 0. The minimum absolute atomic E-state index is 0.588. The first kappa shape index (κ1) is 8.48. The number of rotatable bonds is 1. The fourth-order valence-electron chi connectivity index (χ4n) is 2.20. The molecule has 3 nitrogen and oxygen atoms in total. The molecular formula is C10H15N3. The van der Waals surface area contributed by atoms with Crippen LogP contribution in [0.4, 0.5) is 5.82 Å². The molecule has 0 aliphatic heterocycles. The topological polar surface area (TPSA) is 51.8 Å². The van der Waals surface area contributed by atoms with Gasteiger partial charge in [-0.3, -0.25) is 0 Å². The molecule has 0 radical (unpaired) electrons. The van der Waals surface area contributed by atoms with Crippen LogP contribution in [0.25, 0.3) is 0 Å². The summed E-state index contributed by atoms with van der Waals surface area (Å²) in [5.74, 6) is 1.87. The Bertz CT molecular complexity index is 320. The van der Waals surface area contributed by atoms with E-state index in [1.807, 2.05) is 6.20 Å². The van der Waals surface area contributed by atoms with E-state index in [-0.39, 0.29) is 0 Å². The summed E-state index contributed by atoms with van der Waals surface area (Å²) in [5, 5.41) is 7.79. The largest absolute Gasteiger partial charge is 0.382 e. The number of hydrogen-bond acceptors (Lipinski definition) is 3. The van der Waals surface area contributed by atoms with E-state index in [1.165, 1.54) is 17.5 Å². The molecule has 0 amide bonds. The molecule has 2 N–H and O–H groups in total. The number of hydrogen-bond donors (Lipinski definition) is 1. The van der Waals surface area contributed by atoms with E-state index in [0.29, 0.717) is 17.7 Å². The first-order valence-corrected chi connectivity index (χ1v) is 4.80. The molecule has 0 saturated heterocycles. The highest BCUT2D eigenvalue weighted by Crippen LogP contribution is 2.39. The summed E-state index contributed by atoms with van der Waals surface area (Å²) in [5.41, 5.74) is 8.38. The Morgan fingerprint density at radius 3 is 3.00 bits per heavy atom. The monoisotopic (exact) mass is 177 g/mol. The summed E-state index contributed by atoms with van der Waals surface area (Å²) in [7, 11) is 0. The van der Waals surface area contributed by atoms with Crippen LogP contribution in [-0.2, 0) is 6.42 Å². The van der Waals surface area contributed by atoms with Crippen LogP contribution >= 0.6 is 0 Å². The van der Waals surface area contributed by atoms with Gasteiger partial charge in [0.05, 0.1) is 6.20 Å². The molecule has 13 heavy (non-hydrogen) atoms. The van der Waals surface area contributed by atoms with Crippen LogP contribution in [0.2, 0.25) is 0 Å². The molecular weight excluding hydrogens is 162 g/mol. The Kier molecular flexibility index (Phi) is 1.94. The molecule has 0 spiro atoms. The number of nitrogen functional groups attached to an aromatic ring is 1. The standard InChI is InChI=1S/C10H15N3/c1-6(2)8-4-3-7-5-12-13-10(11)9(7)8/h5-6,8H,3-4H2,1-2H3,(H2,11,13). The molecule has 3 heteroatoms. The predicted molar refractivity (Wildman–Crippen MR) is 52.3 cm³/mol. The first-order chi connectivity index (χ1) is 6.20. The number of aryl methyl sites for hydroxylation is 1. The molecule has 1 aliphatic rings. The van der Waals surface area contributed by atoms with Crippen LogP contribution < -0.4 is 5.73 Å². The van der Waals surface area contributed by atoms with Crippen molar-refractivity contribution in [2.24, 2.45) is 5.92 Å². The van der Waals surface area contributed by atoms with Crippen molar-refractivity contribution in [2.45, 2.75) is 32.6 Å². The fourth-order valence-corrected chi connectivity index (χ4v) is 2.20. The summed E-state index contributed by atoms with van der Waals surface area (Å²) in [6, 6.07) is 0. The van der Waals surface area contributed by atoms with Crippen LogP contribution in [0.5, 0.6) is 0 Å². The predicted octanol–water partition coefficient (Wildman–Crippen LogP) is 1.74. The third kappa shape index (κ3) is 1.28. The van der Waals surface area contributed by atoms with Gasteiger partial charge in [0.25, 0.3) is 0 Å². The molecule has 2 rings (SSSR count). The quantitative estimate of drug-likeness (QED) is 0.711. The van der Waals surface area contributed by atoms with Gasteiger partial charge in [-0.15, -0.1) is 5.10 Å². The van der Waals surface area contributed by atoms with Gasteiger partial charge in [0.15, 0.2) is 0 Å². The molecule has 70 valence electrons. The van der Waals surface area contributed by atoms with E-state index < -0.39 is 0 Å². The van der Waals surface area contributed by atoms with Gasteiger partial charge in [0.1, 0.15) is 5.82 Å². The average molecular weight is 177 g/mol. The minimum Gasteiger partial charge on any atom is -0.382 e. The number of fused-ring (bicyclic) bond motifs is 1. The second-order valence-corrected chi connectivity index (χ2v) is 4.06. The van der Waals surface area contributed by atoms with Crippen molar-refractivity contribution in [1.29, 1.82) is 0 Å². The Hall–Kier alpha value is -1.12. The SMILES string of the molecule is CC(C)C1CCc2cnnc(N)c21. The lowest BCUT2D eigenvalue weighted by Gasteiger charge is -2.16. The molecule has 1 heterocycles. The summed E-state index contributed by atoms with van der Waals surface area (Å²) >= 11 is 0. The Morgan fingerprint density at radius 1 is 1.54 bits per heavy atom. The molecule has 1 aromatic rings. The highest BCUT2D eigenvalue weighted by Gasteiger charge is 2.27. The van der Waals surface area contributed by atoms with E-state index in [1.54, 1.807) is 0 Å². The van der Waals surface area contributed by atoms with Crippen molar-refractivity contribution in [1.82, 2.24) is 10.2 Å². The van der Waals surface area contributed by atoms with Crippen LogP contribution in [0, 0.1) is 5.92 Å². The number of anilines is 1. The molecule has 1 unspecified atom stereocenters. The van der Waals surface area contributed by atoms with Crippen molar-refractivity contribution >= 4 is 5.82 Å². The second kappa shape index (κ2) is 2.98. The number of aromatic nitrogens is 2. The zero-order chi connectivity index (χ0) is 9.42. The van der Waals surface area contributed by atoms with E-state index >= 15 is 0 Å². The van der Waals surface area contributed by atoms with Gasteiger partial charge < -0.3 is 5.73 Å². The maximum atomic E-state index is 5.83. The van der Waals surface area contributed by atoms with Gasteiger partial charge in [-0.05, 0) is 30.2 Å². The zero-order valence-electron chi connectivity index (χ0n) is 8.12. The van der Waals surface area contributed by atoms with Gasteiger partial charge in [-0.25, -0.2) is 0 Å². The van der Waals surface area contributed by atoms with Gasteiger partial charge in [0.2, 0.25) is 0 Å². The van der Waals surface area contributed by atoms with Gasteiger partial charge >= 0.3 is 0 Å². The van der Waals surface area contributed by atoms with Gasteiger partial charge in [0, 0.05) is 5.56 Å². The lowest BCUT2D eigenvalue weighted by molar-refractivity contribution is 0.496. The molecule has 1 atom stereocenters. The molecule has 0 aromatic carbocycles. The van der Waals surface area contributed by atoms with Crippen LogP contribution in [0.15, 0.2) is 6.20 Å². The maximum absolute atomic E-state index is 5.83. The molecule has 1 aromatic heterocycles. The van der Waals surface area contributed by atoms with E-state index in [9.17, 15) is 0 Å². The number of nitrogens with two attached hydrogens (primary N) is 1. The molecule has 0 fully saturated rings. The lowest BCUT2D eigenvalue weighted by atomic mass is 9.90. The van der Waals surface area contributed by atoms with Gasteiger partial charge in [-0.2, -0.15) is 5.10 Å². The van der Waals surface area contributed by atoms with Crippen molar-refractivity contribution in [2.75, 3.05) is 5.73 Å². The van der Waals surface area contributed by atoms with Crippen molar-refractivity contribution in [3.8, 4) is 0 Å². The minimum atomic E-state index is 0.588. The van der Waals surface area contributed by atoms with E-state index in [0.717, 1.165) is 6.42 Å². The Balaban J connectivity index is 2.46. The van der Waals surface area contributed by atoms with E-state index in [2.05, 4.69) is 24.0 Å². The molecule has 0 bridgehead atoms. The van der Waals surface area contributed by atoms with Crippen molar-refractivity contribution < 1.29 is 0 Å². The molecule has 1 aliphatic carbocycles. The summed E-state index contributed by atoms with van der Waals surface area (Å²) in [6.07, 6.45) is 4.16. The molecule has 0 saturated carbocycles. The normalized spacial score (nSPS) is 20.7. The highest BCUT2D eigenvalue weighted by molar-refractivity contribution is 5.48.